The fraction of sp³-hybridized carbons (Fsp3) is 1.00. The minimum absolute atomic E-state index is 0.741. The van der Waals surface area contributed by atoms with Crippen LogP contribution in [0.5, 0.6) is 0 Å². The van der Waals surface area contributed by atoms with Crippen molar-refractivity contribution in [2.45, 2.75) is 92.1 Å². The summed E-state index contributed by atoms with van der Waals surface area (Å²) >= 11 is 0. The lowest BCUT2D eigenvalue weighted by Crippen LogP contribution is -2.66. The Bertz CT molecular complexity index is 635. The molecular weight excluding hydrogens is 472 g/mol. The quantitative estimate of drug-likeness (QED) is 0.154. The molecule has 34 heavy (non-hydrogen) atoms. The van der Waals surface area contributed by atoms with Gasteiger partial charge in [-0.2, -0.15) is 0 Å². The van der Waals surface area contributed by atoms with E-state index in [9.17, 15) is 56.2 Å². The fourth-order valence-corrected chi connectivity index (χ4v) is 4.06. The lowest BCUT2D eigenvalue weighted by Gasteiger charge is -2.47. The first kappa shape index (κ1) is 27.9. The van der Waals surface area contributed by atoms with Gasteiger partial charge in [0.1, 0.15) is 73.2 Å². The normalized spacial score (nSPS) is 52.5. The van der Waals surface area contributed by atoms with E-state index >= 15 is 0 Å². The second-order valence-corrected chi connectivity index (χ2v) is 8.33. The second-order valence-electron chi connectivity index (χ2n) is 8.33. The Kier molecular flexibility index (Phi) is 9.54. The van der Waals surface area contributed by atoms with E-state index in [1.807, 2.05) is 0 Å². The molecule has 0 saturated carbocycles. The summed E-state index contributed by atoms with van der Waals surface area (Å²) in [6.45, 7) is -2.32. The van der Waals surface area contributed by atoms with Crippen LogP contribution < -0.4 is 0 Å². The zero-order chi connectivity index (χ0) is 25.3. The first-order valence-electron chi connectivity index (χ1n) is 10.6. The number of hydrogen-bond acceptors (Lipinski definition) is 16. The standard InChI is InChI=1S/C18H32O16/c19-1-4-7(22)8(23)12(27)17(31-4)34-15-6(3-21)32-18(13(28)10(15)25)33-14-5(2-20)30-16(29)11(26)9(14)24/h4-29H,1-3H2/t4-,5+,6+,7+,8-,9+,10+,11-,12-,13-,14+,15+,16+,17+,18+/m0/s1. The number of ether oxygens (including phenoxy) is 5. The molecule has 0 amide bonds. The van der Waals surface area contributed by atoms with E-state index in [1.54, 1.807) is 0 Å². The summed E-state index contributed by atoms with van der Waals surface area (Å²) in [5, 5.41) is 109. The molecule has 0 bridgehead atoms. The van der Waals surface area contributed by atoms with Crippen LogP contribution in [0, 0.1) is 0 Å². The molecule has 3 fully saturated rings. The van der Waals surface area contributed by atoms with Crippen LogP contribution in [0.15, 0.2) is 0 Å². The van der Waals surface area contributed by atoms with Crippen LogP contribution in [-0.4, -0.2) is 168 Å². The summed E-state index contributed by atoms with van der Waals surface area (Å²) in [4.78, 5) is 0. The van der Waals surface area contributed by atoms with Gasteiger partial charge in [-0.25, -0.2) is 0 Å². The van der Waals surface area contributed by atoms with Crippen molar-refractivity contribution in [2.75, 3.05) is 19.8 Å². The van der Waals surface area contributed by atoms with Crippen molar-refractivity contribution < 1.29 is 79.9 Å². The molecule has 0 aromatic heterocycles. The smallest absolute Gasteiger partial charge is 0.187 e. The van der Waals surface area contributed by atoms with Crippen molar-refractivity contribution in [3.8, 4) is 0 Å². The Morgan fingerprint density at radius 3 is 1.35 bits per heavy atom. The Hall–Kier alpha value is -0.640. The Labute approximate surface area is 192 Å². The lowest BCUT2D eigenvalue weighted by molar-refractivity contribution is -0.377. The van der Waals surface area contributed by atoms with Gasteiger partial charge < -0.3 is 79.9 Å². The molecule has 11 N–H and O–H groups in total. The van der Waals surface area contributed by atoms with E-state index in [0.29, 0.717) is 0 Å². The molecule has 0 unspecified atom stereocenters. The molecule has 0 aliphatic carbocycles. The highest BCUT2D eigenvalue weighted by Crippen LogP contribution is 2.32. The van der Waals surface area contributed by atoms with Gasteiger partial charge in [0, 0.05) is 0 Å². The van der Waals surface area contributed by atoms with E-state index in [1.165, 1.54) is 0 Å². The number of aliphatic hydroxyl groups excluding tert-OH is 11. The molecule has 0 aromatic carbocycles. The predicted molar refractivity (Wildman–Crippen MR) is 101 cm³/mol. The maximum Gasteiger partial charge on any atom is 0.187 e. The molecule has 16 heteroatoms. The molecular formula is C18H32O16. The highest BCUT2D eigenvalue weighted by Gasteiger charge is 2.53. The maximum absolute atomic E-state index is 10.6. The van der Waals surface area contributed by atoms with Crippen molar-refractivity contribution in [2.24, 2.45) is 0 Å². The molecule has 3 rings (SSSR count). The van der Waals surface area contributed by atoms with Gasteiger partial charge in [0.15, 0.2) is 18.9 Å². The van der Waals surface area contributed by atoms with E-state index in [2.05, 4.69) is 0 Å². The van der Waals surface area contributed by atoms with Crippen LogP contribution in [0.4, 0.5) is 0 Å². The number of rotatable bonds is 7. The van der Waals surface area contributed by atoms with Crippen molar-refractivity contribution >= 4 is 0 Å². The van der Waals surface area contributed by atoms with Crippen molar-refractivity contribution in [3.63, 3.8) is 0 Å². The highest BCUT2D eigenvalue weighted by molar-refractivity contribution is 4.96. The SMILES string of the molecule is OC[C@@H]1O[C@H](O[C@H]2[C@H](O)[C@H](O)[C@@H](O[C@H]3[C@H](O)[C@H](O)[C@H](O)O[C@@H]3CO)O[C@@H]2CO)[C@@H](O)[C@@H](O)[C@@H]1O. The molecule has 3 aliphatic rings. The van der Waals surface area contributed by atoms with E-state index in [-0.39, 0.29) is 0 Å². The summed E-state index contributed by atoms with van der Waals surface area (Å²) in [6.07, 6.45) is -25.1. The minimum atomic E-state index is -1.91. The molecule has 3 saturated heterocycles. The van der Waals surface area contributed by atoms with Gasteiger partial charge in [-0.05, 0) is 0 Å². The monoisotopic (exact) mass is 504 g/mol. The van der Waals surface area contributed by atoms with Gasteiger partial charge in [0.05, 0.1) is 19.8 Å². The van der Waals surface area contributed by atoms with Crippen LogP contribution in [0.25, 0.3) is 0 Å². The zero-order valence-electron chi connectivity index (χ0n) is 17.7. The third kappa shape index (κ3) is 5.37. The Morgan fingerprint density at radius 1 is 0.441 bits per heavy atom. The van der Waals surface area contributed by atoms with Crippen molar-refractivity contribution in [1.29, 1.82) is 0 Å². The van der Waals surface area contributed by atoms with Gasteiger partial charge >= 0.3 is 0 Å². The average Bonchev–Trinajstić information content (AvgIpc) is 2.83. The molecule has 0 aromatic rings. The third-order valence-corrected chi connectivity index (χ3v) is 6.09. The van der Waals surface area contributed by atoms with Crippen molar-refractivity contribution in [1.82, 2.24) is 0 Å². The van der Waals surface area contributed by atoms with Gasteiger partial charge in [-0.1, -0.05) is 0 Å². The van der Waals surface area contributed by atoms with Gasteiger partial charge in [-0.3, -0.25) is 0 Å². The number of hydrogen-bond donors (Lipinski definition) is 11. The van der Waals surface area contributed by atoms with Crippen LogP contribution in [0.1, 0.15) is 0 Å². The summed E-state index contributed by atoms with van der Waals surface area (Å²) in [6, 6.07) is 0. The van der Waals surface area contributed by atoms with Crippen LogP contribution in [-0.2, 0) is 23.7 Å². The molecule has 0 spiro atoms. The van der Waals surface area contributed by atoms with Crippen molar-refractivity contribution in [3.05, 3.63) is 0 Å². The highest BCUT2D eigenvalue weighted by atomic mass is 16.8. The van der Waals surface area contributed by atoms with Crippen LogP contribution in [0.2, 0.25) is 0 Å². The molecule has 3 heterocycles. The van der Waals surface area contributed by atoms with E-state index < -0.39 is 112 Å². The molecule has 16 nitrogen and oxygen atoms in total. The predicted octanol–water partition coefficient (Wildman–Crippen LogP) is -7.57. The molecule has 15 atom stereocenters. The number of aliphatic hydroxyl groups is 11. The summed E-state index contributed by atoms with van der Waals surface area (Å²) in [5.74, 6) is 0. The Balaban J connectivity index is 1.72. The van der Waals surface area contributed by atoms with E-state index in [4.69, 9.17) is 23.7 Å². The molecule has 200 valence electrons. The topological polar surface area (TPSA) is 269 Å². The van der Waals surface area contributed by atoms with Gasteiger partial charge in [0.2, 0.25) is 0 Å². The second kappa shape index (κ2) is 11.6. The van der Waals surface area contributed by atoms with Crippen LogP contribution >= 0.6 is 0 Å². The van der Waals surface area contributed by atoms with Gasteiger partial charge in [0.25, 0.3) is 0 Å². The summed E-state index contributed by atoms with van der Waals surface area (Å²) in [5.41, 5.74) is 0. The lowest BCUT2D eigenvalue weighted by atomic mass is 9.96. The molecule has 3 aliphatic heterocycles. The first-order chi connectivity index (χ1) is 16.0. The average molecular weight is 504 g/mol. The minimum Gasteiger partial charge on any atom is -0.394 e. The zero-order valence-corrected chi connectivity index (χ0v) is 17.7. The van der Waals surface area contributed by atoms with Gasteiger partial charge in [-0.15, -0.1) is 0 Å². The van der Waals surface area contributed by atoms with E-state index in [0.717, 1.165) is 0 Å². The fourth-order valence-electron chi connectivity index (χ4n) is 4.06. The Morgan fingerprint density at radius 2 is 0.853 bits per heavy atom. The first-order valence-corrected chi connectivity index (χ1v) is 10.6. The summed E-state index contributed by atoms with van der Waals surface area (Å²) < 4.78 is 26.4. The maximum atomic E-state index is 10.6. The molecule has 0 radical (unpaired) electrons. The summed E-state index contributed by atoms with van der Waals surface area (Å²) in [7, 11) is 0. The third-order valence-electron chi connectivity index (χ3n) is 6.09. The van der Waals surface area contributed by atoms with Crippen LogP contribution in [0.3, 0.4) is 0 Å². The largest absolute Gasteiger partial charge is 0.394 e.